The molecule has 0 amide bonds. The summed E-state index contributed by atoms with van der Waals surface area (Å²) in [7, 11) is 3.64. The first kappa shape index (κ1) is 11.9. The summed E-state index contributed by atoms with van der Waals surface area (Å²) in [5.41, 5.74) is 2.36. The number of pyridine rings is 1. The fourth-order valence-corrected chi connectivity index (χ4v) is 2.03. The number of nitrogens with one attached hydrogen (secondary N) is 1. The van der Waals surface area contributed by atoms with Gasteiger partial charge in [0.2, 0.25) is 0 Å². The Morgan fingerprint density at radius 3 is 2.94 bits per heavy atom. The molecule has 0 aliphatic heterocycles. The third-order valence-corrected chi connectivity index (χ3v) is 2.99. The van der Waals surface area contributed by atoms with Crippen LogP contribution in [0.3, 0.4) is 0 Å². The molecule has 17 heavy (non-hydrogen) atoms. The summed E-state index contributed by atoms with van der Waals surface area (Å²) in [5, 5.41) is 4.37. The number of aromatic nitrogens is 2. The molecule has 92 valence electrons. The van der Waals surface area contributed by atoms with Crippen LogP contribution in [0.1, 0.15) is 12.5 Å². The second-order valence-corrected chi connectivity index (χ2v) is 4.04. The van der Waals surface area contributed by atoms with Crippen molar-refractivity contribution in [1.29, 1.82) is 0 Å². The van der Waals surface area contributed by atoms with Gasteiger partial charge in [-0.2, -0.15) is 0 Å². The Balaban J connectivity index is 2.49. The van der Waals surface area contributed by atoms with Crippen LogP contribution in [0.4, 0.5) is 0 Å². The van der Waals surface area contributed by atoms with Crippen molar-refractivity contribution in [2.75, 3.05) is 20.7 Å². The number of rotatable bonds is 5. The van der Waals surface area contributed by atoms with Crippen LogP contribution in [0.15, 0.2) is 18.5 Å². The van der Waals surface area contributed by atoms with Crippen molar-refractivity contribution in [2.24, 2.45) is 0 Å². The molecule has 2 aromatic heterocycles. The Morgan fingerprint density at radius 2 is 2.29 bits per heavy atom. The Morgan fingerprint density at radius 1 is 1.47 bits per heavy atom. The SMILES string of the molecule is CCn1cc(CCNC)c2cc(OC)cnc21. The van der Waals surface area contributed by atoms with E-state index < -0.39 is 0 Å². The molecule has 2 aromatic rings. The lowest BCUT2D eigenvalue weighted by atomic mass is 10.1. The molecule has 4 nitrogen and oxygen atoms in total. The van der Waals surface area contributed by atoms with E-state index in [0.29, 0.717) is 0 Å². The highest BCUT2D eigenvalue weighted by Crippen LogP contribution is 2.24. The van der Waals surface area contributed by atoms with Gasteiger partial charge < -0.3 is 14.6 Å². The molecule has 0 aromatic carbocycles. The van der Waals surface area contributed by atoms with Gasteiger partial charge in [-0.25, -0.2) is 4.98 Å². The summed E-state index contributed by atoms with van der Waals surface area (Å²) in [4.78, 5) is 4.47. The zero-order chi connectivity index (χ0) is 12.3. The monoisotopic (exact) mass is 233 g/mol. The summed E-state index contributed by atoms with van der Waals surface area (Å²) in [6.07, 6.45) is 4.97. The van der Waals surface area contributed by atoms with E-state index in [-0.39, 0.29) is 0 Å². The third kappa shape index (κ3) is 2.26. The van der Waals surface area contributed by atoms with E-state index in [1.54, 1.807) is 13.3 Å². The number of ether oxygens (including phenoxy) is 1. The molecule has 0 saturated carbocycles. The molecule has 1 N–H and O–H groups in total. The zero-order valence-corrected chi connectivity index (χ0v) is 10.7. The Hall–Kier alpha value is -1.55. The maximum Gasteiger partial charge on any atom is 0.140 e. The number of hydrogen-bond acceptors (Lipinski definition) is 3. The van der Waals surface area contributed by atoms with Crippen LogP contribution in [0.2, 0.25) is 0 Å². The Kier molecular flexibility index (Phi) is 3.64. The third-order valence-electron chi connectivity index (χ3n) is 2.99. The highest BCUT2D eigenvalue weighted by molar-refractivity contribution is 5.81. The van der Waals surface area contributed by atoms with Crippen molar-refractivity contribution >= 4 is 11.0 Å². The maximum atomic E-state index is 5.24. The van der Waals surface area contributed by atoms with Gasteiger partial charge in [0.1, 0.15) is 11.4 Å². The summed E-state index contributed by atoms with van der Waals surface area (Å²) in [6.45, 7) is 4.04. The Bertz CT molecular complexity index is 505. The molecule has 0 aliphatic carbocycles. The van der Waals surface area contributed by atoms with Crippen molar-refractivity contribution < 1.29 is 4.74 Å². The van der Waals surface area contributed by atoms with Crippen LogP contribution in [0.25, 0.3) is 11.0 Å². The topological polar surface area (TPSA) is 39.1 Å². The fourth-order valence-electron chi connectivity index (χ4n) is 2.03. The first-order valence-electron chi connectivity index (χ1n) is 5.96. The number of methoxy groups -OCH3 is 1. The fraction of sp³-hybridized carbons (Fsp3) is 0.462. The molecule has 4 heteroatoms. The molecule has 2 rings (SSSR count). The minimum absolute atomic E-state index is 0.817. The van der Waals surface area contributed by atoms with Crippen LogP contribution in [0.5, 0.6) is 5.75 Å². The van der Waals surface area contributed by atoms with Crippen LogP contribution in [-0.4, -0.2) is 30.3 Å². The molecule has 0 atom stereocenters. The molecule has 0 spiro atoms. The number of nitrogens with zero attached hydrogens (tertiary/aromatic N) is 2. The largest absolute Gasteiger partial charge is 0.495 e. The summed E-state index contributed by atoms with van der Waals surface area (Å²) in [6, 6.07) is 2.07. The standard InChI is InChI=1S/C13H19N3O/c1-4-16-9-10(5-6-14-2)12-7-11(17-3)8-15-13(12)16/h7-9,14H,4-6H2,1-3H3. The van der Waals surface area contributed by atoms with Gasteiger partial charge in [-0.3, -0.25) is 0 Å². The van der Waals surface area contributed by atoms with Gasteiger partial charge in [0.05, 0.1) is 13.3 Å². The first-order valence-corrected chi connectivity index (χ1v) is 5.96. The molecule has 2 heterocycles. The lowest BCUT2D eigenvalue weighted by Gasteiger charge is -2.02. The summed E-state index contributed by atoms with van der Waals surface area (Å²) in [5.74, 6) is 0.817. The van der Waals surface area contributed by atoms with E-state index in [1.807, 2.05) is 7.05 Å². The average molecular weight is 233 g/mol. The maximum absolute atomic E-state index is 5.24. The van der Waals surface area contributed by atoms with Crippen LogP contribution < -0.4 is 10.1 Å². The summed E-state index contributed by atoms with van der Waals surface area (Å²) < 4.78 is 7.42. The zero-order valence-electron chi connectivity index (χ0n) is 10.7. The van der Waals surface area contributed by atoms with Gasteiger partial charge in [0, 0.05) is 18.1 Å². The minimum Gasteiger partial charge on any atom is -0.495 e. The second kappa shape index (κ2) is 5.19. The molecular formula is C13H19N3O. The lowest BCUT2D eigenvalue weighted by molar-refractivity contribution is 0.413. The minimum atomic E-state index is 0.817. The van der Waals surface area contributed by atoms with E-state index in [0.717, 1.165) is 30.9 Å². The van der Waals surface area contributed by atoms with Crippen LogP contribution in [0, 0.1) is 0 Å². The summed E-state index contributed by atoms with van der Waals surface area (Å²) >= 11 is 0. The molecule has 0 fully saturated rings. The molecule has 0 unspecified atom stereocenters. The van der Waals surface area contributed by atoms with E-state index >= 15 is 0 Å². The smallest absolute Gasteiger partial charge is 0.140 e. The second-order valence-electron chi connectivity index (χ2n) is 4.04. The first-order chi connectivity index (χ1) is 8.30. The number of likely N-dealkylation sites (N-methyl/N-ethyl adjacent to an activating group) is 1. The Labute approximate surface area is 102 Å². The molecule has 0 saturated heterocycles. The van der Waals surface area contributed by atoms with Crippen molar-refractivity contribution in [3.05, 3.63) is 24.0 Å². The molecule has 0 radical (unpaired) electrons. The van der Waals surface area contributed by atoms with E-state index in [2.05, 4.69) is 34.1 Å². The van der Waals surface area contributed by atoms with Crippen LogP contribution >= 0.6 is 0 Å². The highest BCUT2D eigenvalue weighted by Gasteiger charge is 2.09. The molecule has 0 aliphatic rings. The predicted molar refractivity (Wildman–Crippen MR) is 69.6 cm³/mol. The van der Waals surface area contributed by atoms with Gasteiger partial charge in [-0.1, -0.05) is 0 Å². The molecule has 0 bridgehead atoms. The van der Waals surface area contributed by atoms with Crippen molar-refractivity contribution in [1.82, 2.24) is 14.9 Å². The number of aryl methyl sites for hydroxylation is 1. The molecular weight excluding hydrogens is 214 g/mol. The van der Waals surface area contributed by atoms with Crippen molar-refractivity contribution in [3.8, 4) is 5.75 Å². The lowest BCUT2D eigenvalue weighted by Crippen LogP contribution is -2.10. The predicted octanol–water partition coefficient (Wildman–Crippen LogP) is 1.83. The van der Waals surface area contributed by atoms with E-state index in [4.69, 9.17) is 4.74 Å². The number of hydrogen-bond donors (Lipinski definition) is 1. The normalized spacial score (nSPS) is 11.0. The van der Waals surface area contributed by atoms with Crippen LogP contribution in [-0.2, 0) is 13.0 Å². The van der Waals surface area contributed by atoms with Gasteiger partial charge >= 0.3 is 0 Å². The average Bonchev–Trinajstić information content (AvgIpc) is 2.73. The quantitative estimate of drug-likeness (QED) is 0.856. The van der Waals surface area contributed by atoms with E-state index in [1.165, 1.54) is 10.9 Å². The van der Waals surface area contributed by atoms with Crippen molar-refractivity contribution in [2.45, 2.75) is 19.9 Å². The van der Waals surface area contributed by atoms with E-state index in [9.17, 15) is 0 Å². The van der Waals surface area contributed by atoms with Gasteiger partial charge in [-0.15, -0.1) is 0 Å². The number of fused-ring (bicyclic) bond motifs is 1. The van der Waals surface area contributed by atoms with Gasteiger partial charge in [0.25, 0.3) is 0 Å². The van der Waals surface area contributed by atoms with Crippen molar-refractivity contribution in [3.63, 3.8) is 0 Å². The van der Waals surface area contributed by atoms with Gasteiger partial charge in [0.15, 0.2) is 0 Å². The van der Waals surface area contributed by atoms with Gasteiger partial charge in [-0.05, 0) is 38.6 Å². The highest BCUT2D eigenvalue weighted by atomic mass is 16.5.